The van der Waals surface area contributed by atoms with Crippen molar-refractivity contribution < 1.29 is 12.8 Å². The van der Waals surface area contributed by atoms with E-state index in [0.29, 0.717) is 17.1 Å². The molecule has 0 aliphatic carbocycles. The van der Waals surface area contributed by atoms with Gasteiger partial charge in [-0.1, -0.05) is 23.7 Å². The van der Waals surface area contributed by atoms with Crippen LogP contribution in [0.3, 0.4) is 0 Å². The SMILES string of the molecule is CNCc1cc(S(=O)(=O)Nc2ccccc2F)ccc1Cl. The molecule has 0 aromatic heterocycles. The zero-order valence-corrected chi connectivity index (χ0v) is 12.8. The first kappa shape index (κ1) is 15.8. The predicted octanol–water partition coefficient (Wildman–Crippen LogP) is 3.00. The minimum atomic E-state index is -3.87. The largest absolute Gasteiger partial charge is 0.316 e. The Bertz CT molecular complexity index is 750. The fourth-order valence-electron chi connectivity index (χ4n) is 1.79. The van der Waals surface area contributed by atoms with Gasteiger partial charge in [-0.05, 0) is 42.9 Å². The van der Waals surface area contributed by atoms with E-state index in [4.69, 9.17) is 11.6 Å². The van der Waals surface area contributed by atoms with Gasteiger partial charge in [-0.3, -0.25) is 4.72 Å². The zero-order valence-electron chi connectivity index (χ0n) is 11.2. The predicted molar refractivity (Wildman–Crippen MR) is 81.4 cm³/mol. The number of halogens is 2. The Morgan fingerprint density at radius 1 is 1.19 bits per heavy atom. The summed E-state index contributed by atoms with van der Waals surface area (Å²) in [6.45, 7) is 0.432. The molecule has 112 valence electrons. The molecule has 0 aliphatic heterocycles. The first-order valence-corrected chi connectivity index (χ1v) is 8.00. The molecule has 0 saturated heterocycles. The molecular formula is C14H14ClFN2O2S. The molecule has 2 rings (SSSR count). The number of hydrogen-bond acceptors (Lipinski definition) is 3. The molecule has 2 aromatic carbocycles. The van der Waals surface area contributed by atoms with Crippen LogP contribution in [-0.2, 0) is 16.6 Å². The van der Waals surface area contributed by atoms with E-state index in [2.05, 4.69) is 10.0 Å². The molecule has 0 aliphatic rings. The number of anilines is 1. The summed E-state index contributed by atoms with van der Waals surface area (Å²) < 4.78 is 40.3. The Hall–Kier alpha value is -1.63. The maximum atomic E-state index is 13.5. The van der Waals surface area contributed by atoms with Gasteiger partial charge in [-0.25, -0.2) is 12.8 Å². The van der Waals surface area contributed by atoms with Crippen LogP contribution in [0.5, 0.6) is 0 Å². The van der Waals surface area contributed by atoms with E-state index in [-0.39, 0.29) is 10.6 Å². The maximum absolute atomic E-state index is 13.5. The summed E-state index contributed by atoms with van der Waals surface area (Å²) in [5.74, 6) is -0.634. The second-order valence-electron chi connectivity index (χ2n) is 4.37. The van der Waals surface area contributed by atoms with Gasteiger partial charge in [0.25, 0.3) is 10.0 Å². The third-order valence-corrected chi connectivity index (χ3v) is 4.54. The minimum absolute atomic E-state index is 0.0282. The summed E-state index contributed by atoms with van der Waals surface area (Å²) in [4.78, 5) is 0.0282. The van der Waals surface area contributed by atoms with Crippen molar-refractivity contribution in [2.45, 2.75) is 11.4 Å². The van der Waals surface area contributed by atoms with Crippen molar-refractivity contribution in [2.24, 2.45) is 0 Å². The second kappa shape index (κ2) is 6.43. The molecule has 2 aromatic rings. The monoisotopic (exact) mass is 328 g/mol. The second-order valence-corrected chi connectivity index (χ2v) is 6.46. The normalized spacial score (nSPS) is 11.4. The molecule has 0 amide bonds. The molecule has 0 bridgehead atoms. The van der Waals surface area contributed by atoms with E-state index in [1.54, 1.807) is 13.1 Å². The molecule has 0 saturated carbocycles. The van der Waals surface area contributed by atoms with Crippen LogP contribution >= 0.6 is 11.6 Å². The van der Waals surface area contributed by atoms with Gasteiger partial charge < -0.3 is 5.32 Å². The van der Waals surface area contributed by atoms with Gasteiger partial charge in [-0.15, -0.1) is 0 Å². The topological polar surface area (TPSA) is 58.2 Å². The summed E-state index contributed by atoms with van der Waals surface area (Å²) in [5, 5.41) is 3.37. The Morgan fingerprint density at radius 2 is 1.90 bits per heavy atom. The van der Waals surface area contributed by atoms with Gasteiger partial charge in [0.2, 0.25) is 0 Å². The molecule has 4 nitrogen and oxygen atoms in total. The lowest BCUT2D eigenvalue weighted by molar-refractivity contribution is 0.598. The van der Waals surface area contributed by atoms with Gasteiger partial charge >= 0.3 is 0 Å². The van der Waals surface area contributed by atoms with Crippen molar-refractivity contribution >= 4 is 27.3 Å². The van der Waals surface area contributed by atoms with Crippen LogP contribution < -0.4 is 10.0 Å². The van der Waals surface area contributed by atoms with Crippen LogP contribution in [0.1, 0.15) is 5.56 Å². The Labute approximate surface area is 128 Å². The number of para-hydroxylation sites is 1. The molecule has 0 atom stereocenters. The average molecular weight is 329 g/mol. The summed E-state index contributed by atoms with van der Waals surface area (Å²) >= 11 is 6.00. The number of rotatable bonds is 5. The third kappa shape index (κ3) is 3.72. The van der Waals surface area contributed by atoms with Gasteiger partial charge in [0.05, 0.1) is 10.6 Å². The van der Waals surface area contributed by atoms with E-state index in [0.717, 1.165) is 0 Å². The molecule has 21 heavy (non-hydrogen) atoms. The molecule has 0 heterocycles. The number of benzene rings is 2. The van der Waals surface area contributed by atoms with E-state index in [1.165, 1.54) is 36.4 Å². The quantitative estimate of drug-likeness (QED) is 0.887. The lowest BCUT2D eigenvalue weighted by Crippen LogP contribution is -2.15. The van der Waals surface area contributed by atoms with Crippen LogP contribution in [0.4, 0.5) is 10.1 Å². The van der Waals surface area contributed by atoms with E-state index >= 15 is 0 Å². The van der Waals surface area contributed by atoms with E-state index < -0.39 is 15.8 Å². The van der Waals surface area contributed by atoms with Crippen LogP contribution in [0, 0.1) is 5.82 Å². The summed E-state index contributed by atoms with van der Waals surface area (Å²) in [6, 6.07) is 9.93. The highest BCUT2D eigenvalue weighted by Gasteiger charge is 2.17. The van der Waals surface area contributed by atoms with Gasteiger partial charge in [0.15, 0.2) is 0 Å². The smallest absolute Gasteiger partial charge is 0.261 e. The van der Waals surface area contributed by atoms with Crippen LogP contribution in [0.15, 0.2) is 47.4 Å². The molecule has 0 fully saturated rings. The van der Waals surface area contributed by atoms with Crippen molar-refractivity contribution in [3.63, 3.8) is 0 Å². The minimum Gasteiger partial charge on any atom is -0.316 e. The van der Waals surface area contributed by atoms with Crippen molar-refractivity contribution in [1.29, 1.82) is 0 Å². The van der Waals surface area contributed by atoms with Crippen LogP contribution in [-0.4, -0.2) is 15.5 Å². The van der Waals surface area contributed by atoms with Crippen molar-refractivity contribution in [3.8, 4) is 0 Å². The lowest BCUT2D eigenvalue weighted by atomic mass is 10.2. The summed E-state index contributed by atoms with van der Waals surface area (Å²) in [7, 11) is -2.14. The average Bonchev–Trinajstić information content (AvgIpc) is 2.44. The third-order valence-electron chi connectivity index (χ3n) is 2.81. The molecule has 7 heteroatoms. The maximum Gasteiger partial charge on any atom is 0.261 e. The van der Waals surface area contributed by atoms with Gasteiger partial charge in [-0.2, -0.15) is 0 Å². The van der Waals surface area contributed by atoms with E-state index in [1.807, 2.05) is 0 Å². The lowest BCUT2D eigenvalue weighted by Gasteiger charge is -2.11. The fraction of sp³-hybridized carbons (Fsp3) is 0.143. The molecule has 0 radical (unpaired) electrons. The summed E-state index contributed by atoms with van der Waals surface area (Å²) in [6.07, 6.45) is 0. The van der Waals surface area contributed by atoms with Crippen molar-refractivity contribution in [3.05, 3.63) is 58.9 Å². The number of nitrogens with one attached hydrogen (secondary N) is 2. The molecule has 2 N–H and O–H groups in total. The van der Waals surface area contributed by atoms with Gasteiger partial charge in [0.1, 0.15) is 5.82 Å². The zero-order chi connectivity index (χ0) is 15.5. The standard InChI is InChI=1S/C14H14ClFN2O2S/c1-17-9-10-8-11(6-7-12(10)15)21(19,20)18-14-5-3-2-4-13(14)16/h2-8,17-18H,9H2,1H3. The Morgan fingerprint density at radius 3 is 2.57 bits per heavy atom. The highest BCUT2D eigenvalue weighted by atomic mass is 35.5. The first-order valence-electron chi connectivity index (χ1n) is 6.14. The summed E-state index contributed by atoms with van der Waals surface area (Å²) in [5.41, 5.74) is 0.554. The molecule has 0 unspecified atom stereocenters. The van der Waals surface area contributed by atoms with Crippen molar-refractivity contribution in [2.75, 3.05) is 11.8 Å². The first-order chi connectivity index (χ1) is 9.94. The highest BCUT2D eigenvalue weighted by molar-refractivity contribution is 7.92. The fourth-order valence-corrected chi connectivity index (χ4v) is 3.09. The molecular weight excluding hydrogens is 315 g/mol. The van der Waals surface area contributed by atoms with Crippen LogP contribution in [0.2, 0.25) is 5.02 Å². The Balaban J connectivity index is 2.36. The van der Waals surface area contributed by atoms with Gasteiger partial charge in [0, 0.05) is 11.6 Å². The number of hydrogen-bond donors (Lipinski definition) is 2. The number of sulfonamides is 1. The van der Waals surface area contributed by atoms with Crippen molar-refractivity contribution in [1.82, 2.24) is 5.32 Å². The Kier molecular flexibility index (Phi) is 4.82. The highest BCUT2D eigenvalue weighted by Crippen LogP contribution is 2.23. The molecule has 0 spiro atoms. The van der Waals surface area contributed by atoms with E-state index in [9.17, 15) is 12.8 Å². The van der Waals surface area contributed by atoms with Crippen LogP contribution in [0.25, 0.3) is 0 Å².